The summed E-state index contributed by atoms with van der Waals surface area (Å²) in [6.45, 7) is 0.597. The van der Waals surface area contributed by atoms with Crippen molar-refractivity contribution in [3.63, 3.8) is 0 Å². The van der Waals surface area contributed by atoms with Crippen molar-refractivity contribution in [1.82, 2.24) is 16.2 Å². The predicted molar refractivity (Wildman–Crippen MR) is 92.3 cm³/mol. The molecule has 0 fully saturated rings. The largest absolute Gasteiger partial charge is 0.357 e. The fourth-order valence-corrected chi connectivity index (χ4v) is 2.03. The summed E-state index contributed by atoms with van der Waals surface area (Å²) in [6.07, 6.45) is 0.255. The molecular formula is C16H16ClN3OS. The van der Waals surface area contributed by atoms with Gasteiger partial charge in [0.2, 0.25) is 5.91 Å². The summed E-state index contributed by atoms with van der Waals surface area (Å²) in [5, 5.41) is 4.03. The quantitative estimate of drug-likeness (QED) is 0.594. The minimum Gasteiger partial charge on any atom is -0.357 e. The molecule has 0 heterocycles. The zero-order valence-corrected chi connectivity index (χ0v) is 13.4. The second kappa shape index (κ2) is 8.36. The highest BCUT2D eigenvalue weighted by Gasteiger charge is 2.04. The minimum absolute atomic E-state index is 0.175. The summed E-state index contributed by atoms with van der Waals surface area (Å²) in [6, 6.07) is 17.0. The van der Waals surface area contributed by atoms with Crippen molar-refractivity contribution in [1.29, 1.82) is 0 Å². The number of carbonyl (C=O) groups is 1. The predicted octanol–water partition coefficient (Wildman–Crippen LogP) is 2.58. The number of carbonyl (C=O) groups excluding carboxylic acids is 1. The molecule has 1 amide bonds. The fourth-order valence-electron chi connectivity index (χ4n) is 1.78. The highest BCUT2D eigenvalue weighted by atomic mass is 35.5. The van der Waals surface area contributed by atoms with Gasteiger partial charge in [-0.05, 0) is 35.5 Å². The number of hydrogen-bond acceptors (Lipinski definition) is 2. The van der Waals surface area contributed by atoms with Gasteiger partial charge in [-0.3, -0.25) is 15.6 Å². The number of nitrogens with one attached hydrogen (secondary N) is 3. The van der Waals surface area contributed by atoms with Gasteiger partial charge < -0.3 is 5.32 Å². The molecule has 0 saturated carbocycles. The molecule has 2 rings (SSSR count). The summed E-state index contributed by atoms with van der Waals surface area (Å²) in [7, 11) is 0. The zero-order chi connectivity index (χ0) is 15.8. The molecule has 4 nitrogen and oxygen atoms in total. The van der Waals surface area contributed by atoms with Crippen LogP contribution in [0.3, 0.4) is 0 Å². The molecule has 0 aliphatic carbocycles. The van der Waals surface area contributed by atoms with Crippen LogP contribution in [-0.4, -0.2) is 11.0 Å². The summed E-state index contributed by atoms with van der Waals surface area (Å²) >= 11 is 10.9. The van der Waals surface area contributed by atoms with E-state index in [1.54, 1.807) is 12.1 Å². The summed E-state index contributed by atoms with van der Waals surface area (Å²) in [4.78, 5) is 11.8. The Labute approximate surface area is 139 Å². The maximum atomic E-state index is 11.8. The first kappa shape index (κ1) is 16.3. The molecule has 114 valence electrons. The van der Waals surface area contributed by atoms with Gasteiger partial charge in [0.05, 0.1) is 6.42 Å². The standard InChI is InChI=1S/C16H16ClN3OS/c17-14-8-6-12(7-9-14)10-15(21)19-20-16(22)18-11-13-4-2-1-3-5-13/h1-9H,10-11H2,(H,19,21)(H2,18,20,22). The van der Waals surface area contributed by atoms with Crippen molar-refractivity contribution in [2.45, 2.75) is 13.0 Å². The van der Waals surface area contributed by atoms with Gasteiger partial charge in [-0.2, -0.15) is 0 Å². The third kappa shape index (κ3) is 5.71. The number of thiocarbonyl (C=S) groups is 1. The van der Waals surface area contributed by atoms with Crippen molar-refractivity contribution in [2.24, 2.45) is 0 Å². The lowest BCUT2D eigenvalue weighted by atomic mass is 10.1. The molecular weight excluding hydrogens is 318 g/mol. The van der Waals surface area contributed by atoms with Crippen molar-refractivity contribution in [3.8, 4) is 0 Å². The fraction of sp³-hybridized carbons (Fsp3) is 0.125. The molecule has 0 spiro atoms. The third-order valence-corrected chi connectivity index (χ3v) is 3.39. The van der Waals surface area contributed by atoms with Crippen LogP contribution in [0.5, 0.6) is 0 Å². The van der Waals surface area contributed by atoms with Gasteiger partial charge in [0.25, 0.3) is 0 Å². The molecule has 0 aliphatic rings. The van der Waals surface area contributed by atoms with Crippen molar-refractivity contribution in [2.75, 3.05) is 0 Å². The van der Waals surface area contributed by atoms with E-state index < -0.39 is 0 Å². The molecule has 0 unspecified atom stereocenters. The summed E-state index contributed by atoms with van der Waals surface area (Å²) in [5.41, 5.74) is 7.23. The molecule has 2 aromatic rings. The minimum atomic E-state index is -0.175. The maximum Gasteiger partial charge on any atom is 0.242 e. The first-order valence-corrected chi connectivity index (χ1v) is 7.53. The number of hydrogen-bond donors (Lipinski definition) is 3. The van der Waals surface area contributed by atoms with E-state index in [1.807, 2.05) is 42.5 Å². The average molecular weight is 334 g/mol. The van der Waals surface area contributed by atoms with E-state index in [4.69, 9.17) is 23.8 Å². The Morgan fingerprint density at radius 1 is 0.955 bits per heavy atom. The van der Waals surface area contributed by atoms with Crippen molar-refractivity contribution in [3.05, 3.63) is 70.7 Å². The maximum absolute atomic E-state index is 11.8. The van der Waals surface area contributed by atoms with E-state index in [9.17, 15) is 4.79 Å². The number of hydrazine groups is 1. The third-order valence-electron chi connectivity index (χ3n) is 2.89. The van der Waals surface area contributed by atoms with Gasteiger partial charge in [0.1, 0.15) is 0 Å². The second-order valence-corrected chi connectivity index (χ2v) is 5.49. The Morgan fingerprint density at radius 3 is 2.32 bits per heavy atom. The van der Waals surface area contributed by atoms with Crippen LogP contribution in [0.25, 0.3) is 0 Å². The van der Waals surface area contributed by atoms with E-state index in [0.29, 0.717) is 16.7 Å². The Morgan fingerprint density at radius 2 is 1.64 bits per heavy atom. The van der Waals surface area contributed by atoms with E-state index in [1.165, 1.54) is 0 Å². The van der Waals surface area contributed by atoms with E-state index >= 15 is 0 Å². The summed E-state index contributed by atoms with van der Waals surface area (Å²) < 4.78 is 0. The van der Waals surface area contributed by atoms with Crippen LogP contribution in [0.4, 0.5) is 0 Å². The van der Waals surface area contributed by atoms with Gasteiger partial charge in [0.15, 0.2) is 5.11 Å². The number of amides is 1. The van der Waals surface area contributed by atoms with E-state index in [2.05, 4.69) is 16.2 Å². The molecule has 0 bridgehead atoms. The van der Waals surface area contributed by atoms with Crippen molar-refractivity contribution >= 4 is 34.8 Å². The van der Waals surface area contributed by atoms with Crippen LogP contribution in [0.1, 0.15) is 11.1 Å². The molecule has 0 atom stereocenters. The molecule has 0 aromatic heterocycles. The average Bonchev–Trinajstić information content (AvgIpc) is 2.54. The topological polar surface area (TPSA) is 53.2 Å². The van der Waals surface area contributed by atoms with Crippen LogP contribution >= 0.6 is 23.8 Å². The van der Waals surface area contributed by atoms with Crippen molar-refractivity contribution < 1.29 is 4.79 Å². The van der Waals surface area contributed by atoms with Crippen LogP contribution < -0.4 is 16.2 Å². The molecule has 0 saturated heterocycles. The highest BCUT2D eigenvalue weighted by Crippen LogP contribution is 2.09. The Hall–Kier alpha value is -2.11. The van der Waals surface area contributed by atoms with Crippen LogP contribution in [0.15, 0.2) is 54.6 Å². The van der Waals surface area contributed by atoms with Crippen LogP contribution in [0.2, 0.25) is 5.02 Å². The lowest BCUT2D eigenvalue weighted by Gasteiger charge is -2.11. The second-order valence-electron chi connectivity index (χ2n) is 4.64. The van der Waals surface area contributed by atoms with E-state index in [-0.39, 0.29) is 12.3 Å². The van der Waals surface area contributed by atoms with Gasteiger partial charge in [-0.15, -0.1) is 0 Å². The molecule has 3 N–H and O–H groups in total. The first-order chi connectivity index (χ1) is 10.6. The Kier molecular flexibility index (Phi) is 6.18. The number of rotatable bonds is 4. The molecule has 0 radical (unpaired) electrons. The Bertz CT molecular complexity index is 632. The monoisotopic (exact) mass is 333 g/mol. The van der Waals surface area contributed by atoms with Gasteiger partial charge in [-0.1, -0.05) is 54.1 Å². The van der Waals surface area contributed by atoms with Gasteiger partial charge in [-0.25, -0.2) is 0 Å². The molecule has 2 aromatic carbocycles. The van der Waals surface area contributed by atoms with E-state index in [0.717, 1.165) is 11.1 Å². The molecule has 22 heavy (non-hydrogen) atoms. The normalized spacial score (nSPS) is 9.86. The zero-order valence-electron chi connectivity index (χ0n) is 11.8. The number of halogens is 1. The smallest absolute Gasteiger partial charge is 0.242 e. The lowest BCUT2D eigenvalue weighted by Crippen LogP contribution is -2.47. The van der Waals surface area contributed by atoms with Crippen LogP contribution in [-0.2, 0) is 17.8 Å². The SMILES string of the molecule is O=C(Cc1ccc(Cl)cc1)NNC(=S)NCc1ccccc1. The number of benzene rings is 2. The van der Waals surface area contributed by atoms with Gasteiger partial charge >= 0.3 is 0 Å². The van der Waals surface area contributed by atoms with Crippen LogP contribution in [0, 0.1) is 0 Å². The lowest BCUT2D eigenvalue weighted by molar-refractivity contribution is -0.121. The summed E-state index contributed by atoms with van der Waals surface area (Å²) in [5.74, 6) is -0.175. The molecule has 0 aliphatic heterocycles. The van der Waals surface area contributed by atoms with Gasteiger partial charge in [0, 0.05) is 11.6 Å². The Balaban J connectivity index is 1.69. The molecule has 6 heteroatoms. The first-order valence-electron chi connectivity index (χ1n) is 6.74. The highest BCUT2D eigenvalue weighted by molar-refractivity contribution is 7.80.